The van der Waals surface area contributed by atoms with Gasteiger partial charge in [0.15, 0.2) is 11.6 Å². The molecule has 3 rings (SSSR count). The summed E-state index contributed by atoms with van der Waals surface area (Å²) >= 11 is 0. The van der Waals surface area contributed by atoms with Gasteiger partial charge in [0.2, 0.25) is 0 Å². The average Bonchev–Trinajstić information content (AvgIpc) is 2.54. The molecule has 1 unspecified atom stereocenters. The highest BCUT2D eigenvalue weighted by Gasteiger charge is 2.13. The number of nitrogens with zero attached hydrogens (tertiary/aromatic N) is 2. The minimum absolute atomic E-state index is 0.292. The molecule has 1 aromatic carbocycles. The first kappa shape index (κ1) is 13.9. The van der Waals surface area contributed by atoms with E-state index < -0.39 is 0 Å². The summed E-state index contributed by atoms with van der Waals surface area (Å²) in [4.78, 5) is 8.46. The number of nitrogens with one attached hydrogen (secondary N) is 1. The van der Waals surface area contributed by atoms with Gasteiger partial charge in [-0.3, -0.25) is 0 Å². The molecule has 2 aromatic rings. The highest BCUT2D eigenvalue weighted by molar-refractivity contribution is 5.54. The van der Waals surface area contributed by atoms with Crippen LogP contribution in [0.25, 0.3) is 11.4 Å². The number of hydrogen-bond donors (Lipinski definition) is 1. The zero-order valence-electron chi connectivity index (χ0n) is 11.8. The van der Waals surface area contributed by atoms with Crippen molar-refractivity contribution in [3.8, 4) is 17.1 Å². The largest absolute Gasteiger partial charge is 0.489 e. The van der Waals surface area contributed by atoms with E-state index in [1.165, 1.54) is 25.0 Å². The molecule has 0 bridgehead atoms. The molecule has 1 atom stereocenters. The van der Waals surface area contributed by atoms with Gasteiger partial charge in [0.25, 0.3) is 0 Å². The summed E-state index contributed by atoms with van der Waals surface area (Å²) in [5.74, 6) is 0.847. The fourth-order valence-electron chi connectivity index (χ4n) is 2.43. The Kier molecular flexibility index (Phi) is 4.40. The van der Waals surface area contributed by atoms with Gasteiger partial charge in [0.05, 0.1) is 12.4 Å². The fourth-order valence-corrected chi connectivity index (χ4v) is 2.43. The maximum Gasteiger partial charge on any atom is 0.159 e. The third-order valence-electron chi connectivity index (χ3n) is 3.57. The molecule has 1 fully saturated rings. The highest BCUT2D eigenvalue weighted by Crippen LogP contribution is 2.18. The van der Waals surface area contributed by atoms with Crippen LogP contribution in [0.5, 0.6) is 5.75 Å². The minimum atomic E-state index is -0.292. The van der Waals surface area contributed by atoms with Crippen molar-refractivity contribution in [2.75, 3.05) is 13.2 Å². The van der Waals surface area contributed by atoms with Gasteiger partial charge in [-0.25, -0.2) is 14.4 Å². The molecule has 0 amide bonds. The van der Waals surface area contributed by atoms with E-state index in [0.29, 0.717) is 29.8 Å². The predicted molar refractivity (Wildman–Crippen MR) is 78.6 cm³/mol. The van der Waals surface area contributed by atoms with Gasteiger partial charge in [0.1, 0.15) is 12.4 Å². The van der Waals surface area contributed by atoms with Crippen LogP contribution in [0.4, 0.5) is 4.39 Å². The van der Waals surface area contributed by atoms with E-state index in [1.54, 1.807) is 24.5 Å². The van der Waals surface area contributed by atoms with Crippen LogP contribution in [0.3, 0.4) is 0 Å². The summed E-state index contributed by atoms with van der Waals surface area (Å²) < 4.78 is 18.9. The van der Waals surface area contributed by atoms with Gasteiger partial charge in [0, 0.05) is 11.6 Å². The van der Waals surface area contributed by atoms with Crippen LogP contribution >= 0.6 is 0 Å². The maximum absolute atomic E-state index is 13.2. The maximum atomic E-state index is 13.2. The van der Waals surface area contributed by atoms with Crippen LogP contribution in [0.15, 0.2) is 36.7 Å². The Morgan fingerprint density at radius 3 is 2.81 bits per heavy atom. The Bertz CT molecular complexity index is 582. The highest BCUT2D eigenvalue weighted by atomic mass is 19.1. The Morgan fingerprint density at radius 2 is 2.10 bits per heavy atom. The van der Waals surface area contributed by atoms with E-state index >= 15 is 0 Å². The molecule has 1 N–H and O–H groups in total. The molecule has 0 radical (unpaired) electrons. The first-order valence-electron chi connectivity index (χ1n) is 7.25. The SMILES string of the molecule is Fc1cccc(-c2ncc(OCC3CCCCN3)cn2)c1. The molecule has 1 aromatic heterocycles. The van der Waals surface area contributed by atoms with Crippen LogP contribution in [-0.2, 0) is 0 Å². The molecule has 5 heteroatoms. The summed E-state index contributed by atoms with van der Waals surface area (Å²) in [5.41, 5.74) is 0.662. The van der Waals surface area contributed by atoms with Crippen LogP contribution in [0.1, 0.15) is 19.3 Å². The molecule has 0 aliphatic carbocycles. The number of hydrogen-bond acceptors (Lipinski definition) is 4. The monoisotopic (exact) mass is 287 g/mol. The van der Waals surface area contributed by atoms with Crippen molar-refractivity contribution in [3.63, 3.8) is 0 Å². The molecule has 4 nitrogen and oxygen atoms in total. The standard InChI is InChI=1S/C16H18FN3O/c17-13-5-3-4-12(8-13)16-19-9-15(10-20-16)21-11-14-6-1-2-7-18-14/h3-5,8-10,14,18H,1-2,6-7,11H2. The molecule has 110 valence electrons. The van der Waals surface area contributed by atoms with E-state index in [4.69, 9.17) is 4.74 Å². The number of ether oxygens (including phenoxy) is 1. The number of piperidine rings is 1. The third-order valence-corrected chi connectivity index (χ3v) is 3.57. The van der Waals surface area contributed by atoms with Gasteiger partial charge < -0.3 is 10.1 Å². The lowest BCUT2D eigenvalue weighted by atomic mass is 10.1. The average molecular weight is 287 g/mol. The molecule has 0 spiro atoms. The number of benzene rings is 1. The van der Waals surface area contributed by atoms with E-state index in [2.05, 4.69) is 15.3 Å². The van der Waals surface area contributed by atoms with Crippen molar-refractivity contribution in [2.45, 2.75) is 25.3 Å². The van der Waals surface area contributed by atoms with E-state index in [0.717, 1.165) is 13.0 Å². The molecule has 1 saturated heterocycles. The zero-order valence-corrected chi connectivity index (χ0v) is 11.8. The Balaban J connectivity index is 1.61. The summed E-state index contributed by atoms with van der Waals surface area (Å²) in [6.07, 6.45) is 6.90. The summed E-state index contributed by atoms with van der Waals surface area (Å²) in [7, 11) is 0. The van der Waals surface area contributed by atoms with E-state index in [1.807, 2.05) is 0 Å². The van der Waals surface area contributed by atoms with Crippen molar-refractivity contribution in [1.82, 2.24) is 15.3 Å². The minimum Gasteiger partial charge on any atom is -0.489 e. The van der Waals surface area contributed by atoms with Crippen molar-refractivity contribution < 1.29 is 9.13 Å². The van der Waals surface area contributed by atoms with E-state index in [9.17, 15) is 4.39 Å². The van der Waals surface area contributed by atoms with Crippen LogP contribution < -0.4 is 10.1 Å². The Morgan fingerprint density at radius 1 is 1.24 bits per heavy atom. The molecule has 1 aliphatic rings. The predicted octanol–water partition coefficient (Wildman–Crippen LogP) is 2.80. The van der Waals surface area contributed by atoms with Gasteiger partial charge in [-0.05, 0) is 31.5 Å². The van der Waals surface area contributed by atoms with Crippen molar-refractivity contribution in [3.05, 3.63) is 42.5 Å². The first-order valence-corrected chi connectivity index (χ1v) is 7.25. The molecular weight excluding hydrogens is 269 g/mol. The van der Waals surface area contributed by atoms with Crippen LogP contribution in [-0.4, -0.2) is 29.2 Å². The first-order chi connectivity index (χ1) is 10.3. The Hall–Kier alpha value is -2.01. The molecule has 2 heterocycles. The molecule has 0 saturated carbocycles. The van der Waals surface area contributed by atoms with Crippen molar-refractivity contribution in [1.29, 1.82) is 0 Å². The lowest BCUT2D eigenvalue weighted by Gasteiger charge is -2.23. The summed E-state index contributed by atoms with van der Waals surface area (Å²) in [6, 6.07) is 6.65. The zero-order chi connectivity index (χ0) is 14.5. The third kappa shape index (κ3) is 3.76. The van der Waals surface area contributed by atoms with Gasteiger partial charge in [-0.2, -0.15) is 0 Å². The second-order valence-corrected chi connectivity index (χ2v) is 5.21. The van der Waals surface area contributed by atoms with Crippen LogP contribution in [0.2, 0.25) is 0 Å². The van der Waals surface area contributed by atoms with E-state index in [-0.39, 0.29) is 5.82 Å². The van der Waals surface area contributed by atoms with Gasteiger partial charge in [-0.15, -0.1) is 0 Å². The smallest absolute Gasteiger partial charge is 0.159 e. The topological polar surface area (TPSA) is 47.0 Å². The quantitative estimate of drug-likeness (QED) is 0.939. The number of rotatable bonds is 4. The van der Waals surface area contributed by atoms with Crippen molar-refractivity contribution >= 4 is 0 Å². The number of halogens is 1. The second kappa shape index (κ2) is 6.63. The summed E-state index contributed by atoms with van der Waals surface area (Å²) in [6.45, 7) is 1.69. The molecule has 1 aliphatic heterocycles. The number of aromatic nitrogens is 2. The van der Waals surface area contributed by atoms with Crippen LogP contribution in [0, 0.1) is 5.82 Å². The van der Waals surface area contributed by atoms with Crippen molar-refractivity contribution in [2.24, 2.45) is 0 Å². The lowest BCUT2D eigenvalue weighted by molar-refractivity contribution is 0.237. The van der Waals surface area contributed by atoms with Gasteiger partial charge >= 0.3 is 0 Å². The lowest BCUT2D eigenvalue weighted by Crippen LogP contribution is -2.38. The van der Waals surface area contributed by atoms with Gasteiger partial charge in [-0.1, -0.05) is 18.6 Å². The Labute approximate surface area is 123 Å². The molecular formula is C16H18FN3O. The summed E-state index contributed by atoms with van der Waals surface area (Å²) in [5, 5.41) is 3.43. The fraction of sp³-hybridized carbons (Fsp3) is 0.375. The second-order valence-electron chi connectivity index (χ2n) is 5.21. The normalized spacial score (nSPS) is 18.4. The molecule has 21 heavy (non-hydrogen) atoms.